The minimum Gasteiger partial charge on any atom is -0.481 e. The molecule has 0 aliphatic heterocycles. The van der Waals surface area contributed by atoms with Gasteiger partial charge >= 0.3 is 5.97 Å². The summed E-state index contributed by atoms with van der Waals surface area (Å²) in [5.74, 6) is -0.457. The Morgan fingerprint density at radius 2 is 1.71 bits per heavy atom. The molecule has 0 aromatic heterocycles. The minimum atomic E-state index is -0.670. The molecule has 2 heteroatoms. The molecule has 0 amide bonds. The van der Waals surface area contributed by atoms with Crippen molar-refractivity contribution in [1.29, 1.82) is 0 Å². The quantitative estimate of drug-likeness (QED) is 0.753. The third-order valence-corrected chi connectivity index (χ3v) is 3.23. The van der Waals surface area contributed by atoms with E-state index in [0.29, 0.717) is 6.42 Å². The van der Waals surface area contributed by atoms with E-state index in [1.54, 1.807) is 0 Å². The lowest BCUT2D eigenvalue weighted by Crippen LogP contribution is -2.35. The molecule has 0 aromatic rings. The second-order valence-electron chi connectivity index (χ2n) is 5.74. The van der Waals surface area contributed by atoms with E-state index in [1.807, 2.05) is 20.8 Å². The number of hydrogen-bond acceptors (Lipinski definition) is 1. The lowest BCUT2D eigenvalue weighted by Gasteiger charge is -2.34. The van der Waals surface area contributed by atoms with Gasteiger partial charge in [-0.1, -0.05) is 34.6 Å². The molecule has 0 aromatic carbocycles. The van der Waals surface area contributed by atoms with E-state index in [0.717, 1.165) is 6.42 Å². The first kappa shape index (κ1) is 13.5. The second kappa shape index (κ2) is 4.33. The summed E-state index contributed by atoms with van der Waals surface area (Å²) in [6.45, 7) is 12.3. The minimum absolute atomic E-state index is 0.200. The van der Waals surface area contributed by atoms with Crippen LogP contribution in [0, 0.1) is 16.7 Å². The fraction of sp³-hybridized carbons (Fsp3) is 0.917. The number of carboxylic acids is 1. The van der Waals surface area contributed by atoms with Gasteiger partial charge < -0.3 is 5.11 Å². The van der Waals surface area contributed by atoms with Gasteiger partial charge in [-0.15, -0.1) is 0 Å². The largest absolute Gasteiger partial charge is 0.481 e. The smallest absolute Gasteiger partial charge is 0.309 e. The van der Waals surface area contributed by atoms with Gasteiger partial charge in [0.05, 0.1) is 5.41 Å². The Morgan fingerprint density at radius 1 is 1.29 bits per heavy atom. The molecule has 14 heavy (non-hydrogen) atoms. The SMILES string of the molecule is CCC(C)(C(=O)O)C(C)CC(C)(C)C. The highest BCUT2D eigenvalue weighted by molar-refractivity contribution is 5.74. The molecule has 0 saturated carbocycles. The number of carboxylic acid groups (broad SMARTS) is 1. The topological polar surface area (TPSA) is 37.3 Å². The van der Waals surface area contributed by atoms with Crippen LogP contribution in [0.2, 0.25) is 0 Å². The van der Waals surface area contributed by atoms with Crippen LogP contribution < -0.4 is 0 Å². The van der Waals surface area contributed by atoms with Gasteiger partial charge in [0.25, 0.3) is 0 Å². The highest BCUT2D eigenvalue weighted by Crippen LogP contribution is 2.38. The predicted octanol–water partition coefficient (Wildman–Crippen LogP) is 3.56. The standard InChI is InChI=1S/C12H24O2/c1-7-12(6,10(13)14)9(2)8-11(3,4)5/h9H,7-8H2,1-6H3,(H,13,14). The Bertz CT molecular complexity index is 203. The van der Waals surface area contributed by atoms with Gasteiger partial charge in [-0.25, -0.2) is 0 Å². The van der Waals surface area contributed by atoms with Crippen molar-refractivity contribution in [3.8, 4) is 0 Å². The molecule has 1 N–H and O–H groups in total. The lowest BCUT2D eigenvalue weighted by molar-refractivity contribution is -0.151. The van der Waals surface area contributed by atoms with Crippen LogP contribution in [-0.2, 0) is 4.79 Å². The number of rotatable bonds is 4. The average molecular weight is 200 g/mol. The van der Waals surface area contributed by atoms with Gasteiger partial charge in [-0.2, -0.15) is 0 Å². The highest BCUT2D eigenvalue weighted by atomic mass is 16.4. The Labute approximate surface area is 87.7 Å². The maximum atomic E-state index is 11.2. The van der Waals surface area contributed by atoms with E-state index in [1.165, 1.54) is 0 Å². The Balaban J connectivity index is 4.63. The molecule has 0 bridgehead atoms. The average Bonchev–Trinajstić information content (AvgIpc) is 1.99. The molecule has 0 aliphatic rings. The van der Waals surface area contributed by atoms with Crippen LogP contribution in [0.3, 0.4) is 0 Å². The normalized spacial score (nSPS) is 18.7. The van der Waals surface area contributed by atoms with E-state index in [2.05, 4.69) is 20.8 Å². The number of aliphatic carboxylic acids is 1. The molecule has 0 aliphatic carbocycles. The van der Waals surface area contributed by atoms with E-state index in [9.17, 15) is 9.90 Å². The van der Waals surface area contributed by atoms with Crippen LogP contribution in [-0.4, -0.2) is 11.1 Å². The van der Waals surface area contributed by atoms with Crippen molar-refractivity contribution in [2.45, 2.75) is 54.4 Å². The van der Waals surface area contributed by atoms with Crippen LogP contribution >= 0.6 is 0 Å². The van der Waals surface area contributed by atoms with Gasteiger partial charge in [0.2, 0.25) is 0 Å². The Morgan fingerprint density at radius 3 is 1.93 bits per heavy atom. The third kappa shape index (κ3) is 3.32. The monoisotopic (exact) mass is 200 g/mol. The fourth-order valence-corrected chi connectivity index (χ4v) is 1.85. The first-order valence-electron chi connectivity index (χ1n) is 5.37. The first-order chi connectivity index (χ1) is 6.13. The van der Waals surface area contributed by atoms with Crippen LogP contribution in [0.4, 0.5) is 0 Å². The molecule has 0 saturated heterocycles. The molecular weight excluding hydrogens is 176 g/mol. The predicted molar refractivity (Wildman–Crippen MR) is 59.3 cm³/mol. The van der Waals surface area contributed by atoms with Gasteiger partial charge in [0.1, 0.15) is 0 Å². The molecule has 2 unspecified atom stereocenters. The van der Waals surface area contributed by atoms with E-state index >= 15 is 0 Å². The fourth-order valence-electron chi connectivity index (χ4n) is 1.85. The molecule has 0 rings (SSSR count). The first-order valence-corrected chi connectivity index (χ1v) is 5.37. The summed E-state index contributed by atoms with van der Waals surface area (Å²) in [5, 5.41) is 9.20. The molecular formula is C12H24O2. The molecule has 0 heterocycles. The summed E-state index contributed by atoms with van der Waals surface area (Å²) in [6, 6.07) is 0. The second-order valence-corrected chi connectivity index (χ2v) is 5.74. The summed E-state index contributed by atoms with van der Waals surface area (Å²) >= 11 is 0. The van der Waals surface area contributed by atoms with Gasteiger partial charge in [0, 0.05) is 0 Å². The van der Waals surface area contributed by atoms with Crippen molar-refractivity contribution in [2.24, 2.45) is 16.7 Å². The highest BCUT2D eigenvalue weighted by Gasteiger charge is 2.38. The molecule has 2 atom stereocenters. The van der Waals surface area contributed by atoms with Crippen molar-refractivity contribution >= 4 is 5.97 Å². The summed E-state index contributed by atoms with van der Waals surface area (Å²) in [7, 11) is 0. The lowest BCUT2D eigenvalue weighted by atomic mass is 9.69. The van der Waals surface area contributed by atoms with Crippen molar-refractivity contribution in [3.63, 3.8) is 0 Å². The van der Waals surface area contributed by atoms with Crippen molar-refractivity contribution in [3.05, 3.63) is 0 Å². The number of hydrogen-bond donors (Lipinski definition) is 1. The number of carbonyl (C=O) groups is 1. The summed E-state index contributed by atoms with van der Waals surface area (Å²) in [6.07, 6.45) is 1.64. The van der Waals surface area contributed by atoms with Crippen LogP contribution in [0.5, 0.6) is 0 Å². The molecule has 0 fully saturated rings. The zero-order valence-electron chi connectivity index (χ0n) is 10.3. The molecule has 0 spiro atoms. The summed E-state index contributed by atoms with van der Waals surface area (Å²) in [4.78, 5) is 11.2. The third-order valence-electron chi connectivity index (χ3n) is 3.23. The maximum absolute atomic E-state index is 11.2. The zero-order chi connectivity index (χ0) is 11.6. The Kier molecular flexibility index (Phi) is 4.16. The van der Waals surface area contributed by atoms with Gasteiger partial charge in [-0.3, -0.25) is 4.79 Å². The van der Waals surface area contributed by atoms with E-state index in [-0.39, 0.29) is 11.3 Å². The summed E-state index contributed by atoms with van der Waals surface area (Å²) < 4.78 is 0. The van der Waals surface area contributed by atoms with E-state index < -0.39 is 11.4 Å². The summed E-state index contributed by atoms with van der Waals surface area (Å²) in [5.41, 5.74) is -0.376. The Hall–Kier alpha value is -0.530. The van der Waals surface area contributed by atoms with Gasteiger partial charge in [0.15, 0.2) is 0 Å². The van der Waals surface area contributed by atoms with Crippen LogP contribution in [0.15, 0.2) is 0 Å². The zero-order valence-corrected chi connectivity index (χ0v) is 10.3. The van der Waals surface area contributed by atoms with Gasteiger partial charge in [-0.05, 0) is 31.1 Å². The van der Waals surface area contributed by atoms with Crippen molar-refractivity contribution in [2.75, 3.05) is 0 Å². The van der Waals surface area contributed by atoms with Crippen LogP contribution in [0.25, 0.3) is 0 Å². The maximum Gasteiger partial charge on any atom is 0.309 e. The van der Waals surface area contributed by atoms with E-state index in [4.69, 9.17) is 0 Å². The molecule has 0 radical (unpaired) electrons. The van der Waals surface area contributed by atoms with Crippen molar-refractivity contribution < 1.29 is 9.90 Å². The van der Waals surface area contributed by atoms with Crippen molar-refractivity contribution in [1.82, 2.24) is 0 Å². The van der Waals surface area contributed by atoms with Crippen LogP contribution in [0.1, 0.15) is 54.4 Å². The molecule has 84 valence electrons. The molecule has 2 nitrogen and oxygen atoms in total.